The van der Waals surface area contributed by atoms with Crippen LogP contribution < -0.4 is 0 Å². The quantitative estimate of drug-likeness (QED) is 0.280. The molecular weight excluding hydrogens is 363 g/mol. The summed E-state index contributed by atoms with van der Waals surface area (Å²) in [5.74, 6) is 0. The predicted molar refractivity (Wildman–Crippen MR) is 97.3 cm³/mol. The van der Waals surface area contributed by atoms with E-state index in [2.05, 4.69) is 40.3 Å². The molecule has 0 bridgehead atoms. The maximum atomic E-state index is 6.49. The van der Waals surface area contributed by atoms with Crippen molar-refractivity contribution in [2.75, 3.05) is 0 Å². The molecule has 1 aliphatic rings. The Kier molecular flexibility index (Phi) is 8.44. The fourth-order valence-corrected chi connectivity index (χ4v) is 19.3. The normalized spacial score (nSPS) is 22.0. The molecule has 0 aromatic rings. The Morgan fingerprint density at radius 3 is 1.90 bits per heavy atom. The van der Waals surface area contributed by atoms with E-state index in [4.69, 9.17) is 4.74 Å². The van der Waals surface area contributed by atoms with E-state index in [1.54, 1.807) is 0 Å². The predicted octanol–water partition coefficient (Wildman–Crippen LogP) is 6.62. The SMILES string of the molecule is C=C[C@@]1(C)CC=[C]([Sn]([CH2]CCC)([CH2]CCC)[CH2]CCC)O1. The first kappa shape index (κ1) is 19.1. The molecule has 0 saturated carbocycles. The molecule has 0 spiro atoms. The van der Waals surface area contributed by atoms with Crippen molar-refractivity contribution in [3.8, 4) is 0 Å². The molecule has 0 aromatic heterocycles. The first-order valence-electron chi connectivity index (χ1n) is 9.09. The number of hydrogen-bond acceptors (Lipinski definition) is 1. The van der Waals surface area contributed by atoms with Gasteiger partial charge in [-0.05, 0) is 0 Å². The molecule has 2 heteroatoms. The molecule has 0 amide bonds. The van der Waals surface area contributed by atoms with E-state index in [0.717, 1.165) is 6.42 Å². The van der Waals surface area contributed by atoms with Gasteiger partial charge in [-0.1, -0.05) is 0 Å². The summed E-state index contributed by atoms with van der Waals surface area (Å²) in [6, 6.07) is 0. The van der Waals surface area contributed by atoms with Crippen LogP contribution in [-0.2, 0) is 4.74 Å². The molecule has 1 heterocycles. The van der Waals surface area contributed by atoms with Gasteiger partial charge in [0.25, 0.3) is 0 Å². The van der Waals surface area contributed by atoms with Crippen molar-refractivity contribution in [3.05, 3.63) is 22.5 Å². The van der Waals surface area contributed by atoms with Crippen molar-refractivity contribution in [1.82, 2.24) is 0 Å². The second-order valence-electron chi connectivity index (χ2n) is 6.98. The molecule has 0 N–H and O–H groups in total. The average molecular weight is 399 g/mol. The topological polar surface area (TPSA) is 9.23 Å². The van der Waals surface area contributed by atoms with E-state index in [1.807, 2.05) is 6.08 Å². The zero-order valence-corrected chi connectivity index (χ0v) is 17.7. The fourth-order valence-electron chi connectivity index (χ4n) is 3.37. The number of hydrogen-bond donors (Lipinski definition) is 0. The number of rotatable bonds is 11. The molecule has 1 aliphatic heterocycles. The van der Waals surface area contributed by atoms with Gasteiger partial charge in [0.15, 0.2) is 0 Å². The van der Waals surface area contributed by atoms with Gasteiger partial charge in [-0.2, -0.15) is 0 Å². The minimum atomic E-state index is -2.32. The molecule has 0 unspecified atom stereocenters. The van der Waals surface area contributed by atoms with Gasteiger partial charge >= 0.3 is 137 Å². The van der Waals surface area contributed by atoms with Gasteiger partial charge in [0.1, 0.15) is 0 Å². The molecule has 122 valence electrons. The number of ether oxygens (including phenoxy) is 1. The van der Waals surface area contributed by atoms with Crippen molar-refractivity contribution in [3.63, 3.8) is 0 Å². The van der Waals surface area contributed by atoms with Crippen LogP contribution in [0.2, 0.25) is 13.3 Å². The monoisotopic (exact) mass is 400 g/mol. The molecule has 1 atom stereocenters. The van der Waals surface area contributed by atoms with Gasteiger partial charge in [-0.3, -0.25) is 0 Å². The molecule has 1 rings (SSSR count). The van der Waals surface area contributed by atoms with Crippen LogP contribution in [0, 0.1) is 0 Å². The summed E-state index contributed by atoms with van der Waals surface area (Å²) in [6.07, 6.45) is 13.7. The number of unbranched alkanes of at least 4 members (excludes halogenated alkanes) is 3. The second kappa shape index (κ2) is 9.27. The molecule has 0 aromatic carbocycles. The molecular formula is C19H36OSn. The van der Waals surface area contributed by atoms with Crippen LogP contribution in [0.1, 0.15) is 72.6 Å². The average Bonchev–Trinajstić information content (AvgIpc) is 2.91. The van der Waals surface area contributed by atoms with Crippen molar-refractivity contribution in [1.29, 1.82) is 0 Å². The standard InChI is InChI=1S/C7H9O.3C4H9.Sn/c1-3-7(2)5-4-6-8-7;3*1-3-4-2;/h3-4H,1,5H2,2H3;3*1,3-4H2,2H3;/t7-;;;;/m0..../s1. The molecule has 0 saturated heterocycles. The first-order chi connectivity index (χ1) is 10.1. The van der Waals surface area contributed by atoms with Gasteiger partial charge in [0.05, 0.1) is 0 Å². The van der Waals surface area contributed by atoms with E-state index in [1.165, 1.54) is 55.6 Å². The van der Waals surface area contributed by atoms with E-state index in [-0.39, 0.29) is 5.60 Å². The van der Waals surface area contributed by atoms with Crippen LogP contribution in [0.15, 0.2) is 22.5 Å². The van der Waals surface area contributed by atoms with Crippen molar-refractivity contribution in [2.45, 2.75) is 91.6 Å². The van der Waals surface area contributed by atoms with Crippen molar-refractivity contribution in [2.24, 2.45) is 0 Å². The third-order valence-electron chi connectivity index (χ3n) is 5.02. The van der Waals surface area contributed by atoms with E-state index < -0.39 is 18.4 Å². The summed E-state index contributed by atoms with van der Waals surface area (Å²) < 4.78 is 12.5. The summed E-state index contributed by atoms with van der Waals surface area (Å²) in [5, 5.41) is 0. The van der Waals surface area contributed by atoms with E-state index >= 15 is 0 Å². The summed E-state index contributed by atoms with van der Waals surface area (Å²) >= 11 is -2.32. The second-order valence-corrected chi connectivity index (χ2v) is 20.0. The Hall–Kier alpha value is 0.0787. The van der Waals surface area contributed by atoms with Crippen LogP contribution >= 0.6 is 0 Å². The maximum absolute atomic E-state index is 6.49. The van der Waals surface area contributed by atoms with Gasteiger partial charge in [0.2, 0.25) is 0 Å². The molecule has 0 fully saturated rings. The van der Waals surface area contributed by atoms with E-state index in [0.29, 0.717) is 0 Å². The summed E-state index contributed by atoms with van der Waals surface area (Å²) in [7, 11) is 0. The zero-order valence-electron chi connectivity index (χ0n) is 14.8. The minimum absolute atomic E-state index is 0.123. The van der Waals surface area contributed by atoms with Crippen LogP contribution in [0.25, 0.3) is 0 Å². The Morgan fingerprint density at radius 1 is 1.10 bits per heavy atom. The molecule has 0 aliphatic carbocycles. The van der Waals surface area contributed by atoms with Gasteiger partial charge in [-0.15, -0.1) is 0 Å². The summed E-state index contributed by atoms with van der Waals surface area (Å²) in [6.45, 7) is 13.2. The molecule has 21 heavy (non-hydrogen) atoms. The summed E-state index contributed by atoms with van der Waals surface area (Å²) in [5.41, 5.74) is -0.123. The Morgan fingerprint density at radius 2 is 1.57 bits per heavy atom. The van der Waals surface area contributed by atoms with Crippen LogP contribution in [-0.4, -0.2) is 24.0 Å². The van der Waals surface area contributed by atoms with Crippen LogP contribution in [0.5, 0.6) is 0 Å². The van der Waals surface area contributed by atoms with Gasteiger partial charge < -0.3 is 0 Å². The third-order valence-corrected chi connectivity index (χ3v) is 20.1. The Balaban J connectivity index is 2.93. The van der Waals surface area contributed by atoms with E-state index in [9.17, 15) is 0 Å². The molecule has 0 radical (unpaired) electrons. The Bertz CT molecular complexity index is 326. The first-order valence-corrected chi connectivity index (χ1v) is 16.6. The van der Waals surface area contributed by atoms with Gasteiger partial charge in [0, 0.05) is 0 Å². The van der Waals surface area contributed by atoms with Crippen LogP contribution in [0.4, 0.5) is 0 Å². The fraction of sp³-hybridized carbons (Fsp3) is 0.789. The van der Waals surface area contributed by atoms with Crippen molar-refractivity contribution < 1.29 is 4.74 Å². The van der Waals surface area contributed by atoms with Crippen LogP contribution in [0.3, 0.4) is 0 Å². The van der Waals surface area contributed by atoms with Crippen molar-refractivity contribution >= 4 is 18.4 Å². The van der Waals surface area contributed by atoms with Gasteiger partial charge in [-0.25, -0.2) is 0 Å². The third kappa shape index (κ3) is 5.33. The Labute approximate surface area is 137 Å². The molecule has 1 nitrogen and oxygen atoms in total. The zero-order chi connectivity index (χ0) is 15.8. The summed E-state index contributed by atoms with van der Waals surface area (Å²) in [4.78, 5) is 0.